The molecule has 28 heavy (non-hydrogen) atoms. The fraction of sp³-hybridized carbons (Fsp3) is 0.526. The Bertz CT molecular complexity index is 817. The number of hydrogen-bond donors (Lipinski definition) is 4. The first kappa shape index (κ1) is 22.3. The van der Waals surface area contributed by atoms with Gasteiger partial charge in [-0.05, 0) is 44.2 Å². The minimum Gasteiger partial charge on any atom is -0.481 e. The Morgan fingerprint density at radius 3 is 2.25 bits per heavy atom. The van der Waals surface area contributed by atoms with Crippen molar-refractivity contribution < 1.29 is 34.2 Å². The number of carboxylic acids is 2. The zero-order valence-electron chi connectivity index (χ0n) is 15.9. The van der Waals surface area contributed by atoms with Crippen molar-refractivity contribution >= 4 is 30.9 Å². The van der Waals surface area contributed by atoms with Crippen LogP contribution in [0.5, 0.6) is 0 Å². The van der Waals surface area contributed by atoms with Crippen LogP contribution in [0.3, 0.4) is 0 Å². The Labute approximate surface area is 163 Å². The van der Waals surface area contributed by atoms with Gasteiger partial charge in [-0.3, -0.25) is 19.1 Å². The molecule has 0 aliphatic carbocycles. The van der Waals surface area contributed by atoms with E-state index in [1.807, 2.05) is 38.1 Å². The van der Waals surface area contributed by atoms with E-state index in [0.717, 1.165) is 17.0 Å². The molecule has 2 atom stereocenters. The molecule has 0 fully saturated rings. The highest BCUT2D eigenvalue weighted by molar-refractivity contribution is 7.51. The molecule has 8 nitrogen and oxygen atoms in total. The van der Waals surface area contributed by atoms with Crippen LogP contribution in [0.15, 0.2) is 29.3 Å². The molecule has 4 N–H and O–H groups in total. The van der Waals surface area contributed by atoms with Gasteiger partial charge < -0.3 is 20.0 Å². The number of aliphatic carboxylic acids is 2. The van der Waals surface area contributed by atoms with Gasteiger partial charge in [0.2, 0.25) is 0 Å². The number of hydrogen-bond acceptors (Lipinski definition) is 4. The van der Waals surface area contributed by atoms with E-state index < -0.39 is 36.8 Å². The SMILES string of the molecule is CC1=Nc2ccccc2C1(C)C(CCCCC(C(=O)O)C(=O)O)CP(=O)(O)O. The molecule has 0 radical (unpaired) electrons. The summed E-state index contributed by atoms with van der Waals surface area (Å²) >= 11 is 0. The van der Waals surface area contributed by atoms with Crippen LogP contribution in [-0.2, 0) is 19.6 Å². The fourth-order valence-electron chi connectivity index (χ4n) is 3.96. The van der Waals surface area contributed by atoms with E-state index in [2.05, 4.69) is 4.99 Å². The Morgan fingerprint density at radius 2 is 1.68 bits per heavy atom. The van der Waals surface area contributed by atoms with Crippen LogP contribution in [0.1, 0.15) is 45.1 Å². The third kappa shape index (κ3) is 4.87. The van der Waals surface area contributed by atoms with Gasteiger partial charge in [0.15, 0.2) is 5.92 Å². The van der Waals surface area contributed by atoms with Crippen molar-refractivity contribution in [2.24, 2.45) is 16.8 Å². The highest BCUT2D eigenvalue weighted by Crippen LogP contribution is 2.51. The van der Waals surface area contributed by atoms with Crippen LogP contribution in [-0.4, -0.2) is 43.8 Å². The van der Waals surface area contributed by atoms with Crippen molar-refractivity contribution in [1.29, 1.82) is 0 Å². The van der Waals surface area contributed by atoms with E-state index in [4.69, 9.17) is 10.2 Å². The van der Waals surface area contributed by atoms with Crippen LogP contribution in [0.4, 0.5) is 5.69 Å². The Hall–Kier alpha value is -2.02. The molecule has 0 saturated heterocycles. The minimum absolute atomic E-state index is 0.0202. The summed E-state index contributed by atoms with van der Waals surface area (Å²) in [7, 11) is -4.30. The average Bonchev–Trinajstić information content (AvgIpc) is 2.84. The third-order valence-corrected chi connectivity index (χ3v) is 6.59. The van der Waals surface area contributed by atoms with Crippen LogP contribution in [0, 0.1) is 11.8 Å². The second-order valence-electron chi connectivity index (χ2n) is 7.47. The smallest absolute Gasteiger partial charge is 0.325 e. The Morgan fingerprint density at radius 1 is 1.11 bits per heavy atom. The number of para-hydroxylation sites is 1. The molecule has 1 aliphatic heterocycles. The second-order valence-corrected chi connectivity index (χ2v) is 9.17. The normalized spacial score (nSPS) is 20.0. The Kier molecular flexibility index (Phi) is 6.80. The van der Waals surface area contributed by atoms with Gasteiger partial charge >= 0.3 is 19.5 Å². The van der Waals surface area contributed by atoms with Crippen molar-refractivity contribution in [3.8, 4) is 0 Å². The van der Waals surface area contributed by atoms with E-state index in [0.29, 0.717) is 19.3 Å². The van der Waals surface area contributed by atoms with Gasteiger partial charge in [-0.2, -0.15) is 0 Å². The monoisotopic (exact) mass is 411 g/mol. The molecule has 0 bridgehead atoms. The number of fused-ring (bicyclic) bond motifs is 1. The lowest BCUT2D eigenvalue weighted by molar-refractivity contribution is -0.154. The molecule has 154 valence electrons. The molecule has 2 unspecified atom stereocenters. The molecule has 1 aromatic rings. The number of nitrogens with zero attached hydrogens (tertiary/aromatic N) is 1. The summed E-state index contributed by atoms with van der Waals surface area (Å²) in [6.07, 6.45) is 0.899. The van der Waals surface area contributed by atoms with Gasteiger partial charge in [0, 0.05) is 11.1 Å². The first-order chi connectivity index (χ1) is 13.0. The van der Waals surface area contributed by atoms with Crippen LogP contribution in [0.2, 0.25) is 0 Å². The molecule has 0 spiro atoms. The van der Waals surface area contributed by atoms with E-state index in [1.54, 1.807) is 0 Å². The van der Waals surface area contributed by atoms with E-state index >= 15 is 0 Å². The zero-order valence-corrected chi connectivity index (χ0v) is 16.8. The van der Waals surface area contributed by atoms with Crippen molar-refractivity contribution in [3.63, 3.8) is 0 Å². The summed E-state index contributed by atoms with van der Waals surface area (Å²) in [5.74, 6) is -4.63. The number of benzene rings is 1. The average molecular weight is 411 g/mol. The van der Waals surface area contributed by atoms with Crippen molar-refractivity contribution in [2.75, 3.05) is 6.16 Å². The molecular weight excluding hydrogens is 385 g/mol. The molecule has 1 aromatic carbocycles. The lowest BCUT2D eigenvalue weighted by Crippen LogP contribution is -2.38. The largest absolute Gasteiger partial charge is 0.481 e. The summed E-state index contributed by atoms with van der Waals surface area (Å²) in [5, 5.41) is 17.9. The number of unbranched alkanes of at least 4 members (excludes halogenated alkanes) is 1. The summed E-state index contributed by atoms with van der Waals surface area (Å²) < 4.78 is 11.8. The summed E-state index contributed by atoms with van der Waals surface area (Å²) in [5.41, 5.74) is 1.84. The summed E-state index contributed by atoms with van der Waals surface area (Å²) in [4.78, 5) is 45.8. The van der Waals surface area contributed by atoms with Crippen LogP contribution < -0.4 is 0 Å². The topological polar surface area (TPSA) is 144 Å². The lowest BCUT2D eigenvalue weighted by Gasteiger charge is -2.36. The molecule has 0 saturated carbocycles. The van der Waals surface area contributed by atoms with E-state index in [9.17, 15) is 23.9 Å². The second kappa shape index (κ2) is 8.55. The minimum atomic E-state index is -4.30. The van der Waals surface area contributed by atoms with Crippen molar-refractivity contribution in [3.05, 3.63) is 29.8 Å². The van der Waals surface area contributed by atoms with Gasteiger partial charge in [0.25, 0.3) is 0 Å². The molecule has 2 rings (SSSR count). The highest BCUT2D eigenvalue weighted by Gasteiger charge is 2.45. The quantitative estimate of drug-likeness (QED) is 0.263. The number of rotatable bonds is 10. The van der Waals surface area contributed by atoms with Crippen molar-refractivity contribution in [1.82, 2.24) is 0 Å². The van der Waals surface area contributed by atoms with Gasteiger partial charge in [-0.25, -0.2) is 0 Å². The fourth-order valence-corrected chi connectivity index (χ4v) is 5.08. The predicted molar refractivity (Wildman–Crippen MR) is 104 cm³/mol. The predicted octanol–water partition coefficient (Wildman–Crippen LogP) is 3.19. The number of aliphatic imine (C=N–C) groups is 1. The number of carboxylic acid groups (broad SMARTS) is 2. The third-order valence-electron chi connectivity index (χ3n) is 5.67. The Balaban J connectivity index is 2.18. The molecular formula is C19H26NO7P. The van der Waals surface area contributed by atoms with E-state index in [1.165, 1.54) is 0 Å². The molecule has 1 aliphatic rings. The maximum atomic E-state index is 11.8. The van der Waals surface area contributed by atoms with Gasteiger partial charge in [-0.1, -0.05) is 31.0 Å². The molecule has 1 heterocycles. The zero-order chi connectivity index (χ0) is 21.1. The van der Waals surface area contributed by atoms with E-state index in [-0.39, 0.29) is 12.6 Å². The van der Waals surface area contributed by atoms with Gasteiger partial charge in [0.1, 0.15) is 0 Å². The molecule has 0 amide bonds. The van der Waals surface area contributed by atoms with Gasteiger partial charge in [-0.15, -0.1) is 0 Å². The lowest BCUT2D eigenvalue weighted by atomic mass is 9.68. The van der Waals surface area contributed by atoms with Crippen molar-refractivity contribution in [2.45, 2.75) is 44.9 Å². The highest BCUT2D eigenvalue weighted by atomic mass is 31.2. The summed E-state index contributed by atoms with van der Waals surface area (Å²) in [6, 6.07) is 7.50. The molecule has 9 heteroatoms. The van der Waals surface area contributed by atoms with Crippen LogP contribution >= 0.6 is 7.60 Å². The maximum absolute atomic E-state index is 11.8. The first-order valence-corrected chi connectivity index (χ1v) is 10.9. The summed E-state index contributed by atoms with van der Waals surface area (Å²) in [6.45, 7) is 3.77. The van der Waals surface area contributed by atoms with Gasteiger partial charge in [0.05, 0.1) is 11.8 Å². The number of carbonyl (C=O) groups is 2. The first-order valence-electron chi connectivity index (χ1n) is 9.12. The standard InChI is InChI=1S/C19H26NO7P/c1-12-19(2,15-9-5-6-10-16(15)20-12)13(11-28(25,26)27)7-3-4-8-14(17(21)22)18(23)24/h5-6,9-10,13-14H,3-4,7-8,11H2,1-2H3,(H,21,22)(H,23,24)(H2,25,26,27). The maximum Gasteiger partial charge on any atom is 0.325 e. The molecule has 0 aromatic heterocycles. The van der Waals surface area contributed by atoms with Crippen LogP contribution in [0.25, 0.3) is 0 Å².